The Bertz CT molecular complexity index is 442. The van der Waals surface area contributed by atoms with E-state index >= 15 is 0 Å². The van der Waals surface area contributed by atoms with E-state index in [0.29, 0.717) is 23.2 Å². The van der Waals surface area contributed by atoms with Crippen LogP contribution in [0.4, 0.5) is 5.69 Å². The molecule has 1 aromatic rings. The van der Waals surface area contributed by atoms with Crippen molar-refractivity contribution in [2.24, 2.45) is 0 Å². The number of phenolic OH excluding ortho intramolecular Hbond substituents is 1. The van der Waals surface area contributed by atoms with Crippen LogP contribution in [0.15, 0.2) is 16.6 Å². The first kappa shape index (κ1) is 12.4. The minimum Gasteiger partial charge on any atom is -0.506 e. The first-order valence-electron chi connectivity index (χ1n) is 5.46. The van der Waals surface area contributed by atoms with E-state index in [4.69, 9.17) is 4.74 Å². The zero-order valence-corrected chi connectivity index (χ0v) is 11.2. The molecule has 0 amide bonds. The van der Waals surface area contributed by atoms with Crippen molar-refractivity contribution in [2.75, 3.05) is 31.2 Å². The summed E-state index contributed by atoms with van der Waals surface area (Å²) >= 11 is 3.35. The summed E-state index contributed by atoms with van der Waals surface area (Å²) in [6.07, 6.45) is 0. The van der Waals surface area contributed by atoms with Crippen LogP contribution in [-0.4, -0.2) is 37.2 Å². The van der Waals surface area contributed by atoms with Gasteiger partial charge in [-0.15, -0.1) is 0 Å². The maximum Gasteiger partial charge on any atom is 0.163 e. The first-order chi connectivity index (χ1) is 8.11. The fourth-order valence-electron chi connectivity index (χ4n) is 1.89. The molecule has 1 heterocycles. The molecule has 5 heteroatoms. The number of benzene rings is 1. The highest BCUT2D eigenvalue weighted by Crippen LogP contribution is 2.37. The Hall–Kier alpha value is -1.07. The van der Waals surface area contributed by atoms with Crippen molar-refractivity contribution in [3.05, 3.63) is 22.2 Å². The highest BCUT2D eigenvalue weighted by atomic mass is 79.9. The molecule has 1 aliphatic rings. The largest absolute Gasteiger partial charge is 0.506 e. The zero-order chi connectivity index (χ0) is 12.4. The number of hydrogen-bond donors (Lipinski definition) is 1. The molecule has 17 heavy (non-hydrogen) atoms. The molecule has 4 nitrogen and oxygen atoms in total. The number of morpholine rings is 1. The fourth-order valence-corrected chi connectivity index (χ4v) is 2.48. The predicted molar refractivity (Wildman–Crippen MR) is 68.8 cm³/mol. The van der Waals surface area contributed by atoms with Crippen molar-refractivity contribution < 1.29 is 14.6 Å². The first-order valence-corrected chi connectivity index (χ1v) is 6.25. The summed E-state index contributed by atoms with van der Waals surface area (Å²) in [5, 5.41) is 9.95. The summed E-state index contributed by atoms with van der Waals surface area (Å²) in [4.78, 5) is 13.4. The van der Waals surface area contributed by atoms with E-state index in [1.54, 1.807) is 6.07 Å². The van der Waals surface area contributed by atoms with E-state index in [1.807, 2.05) is 6.07 Å². The van der Waals surface area contributed by atoms with Crippen LogP contribution in [0.25, 0.3) is 0 Å². The molecule has 2 rings (SSSR count). The molecule has 0 atom stereocenters. The van der Waals surface area contributed by atoms with E-state index in [2.05, 4.69) is 20.8 Å². The molecule has 0 radical (unpaired) electrons. The van der Waals surface area contributed by atoms with Crippen LogP contribution in [-0.2, 0) is 4.74 Å². The van der Waals surface area contributed by atoms with Crippen molar-refractivity contribution in [1.82, 2.24) is 0 Å². The third kappa shape index (κ3) is 2.45. The molecular weight excluding hydrogens is 286 g/mol. The van der Waals surface area contributed by atoms with Gasteiger partial charge >= 0.3 is 0 Å². The monoisotopic (exact) mass is 299 g/mol. The van der Waals surface area contributed by atoms with Crippen LogP contribution in [0.5, 0.6) is 5.75 Å². The molecule has 1 N–H and O–H groups in total. The maximum absolute atomic E-state index is 11.3. The molecule has 1 fully saturated rings. The van der Waals surface area contributed by atoms with Gasteiger partial charge in [0.15, 0.2) is 5.78 Å². The molecule has 92 valence electrons. The van der Waals surface area contributed by atoms with Gasteiger partial charge in [0, 0.05) is 13.1 Å². The van der Waals surface area contributed by atoms with Gasteiger partial charge in [-0.1, -0.05) is 0 Å². The SMILES string of the molecule is CC(=O)c1ccc(N2CCOCC2)c(Br)c1O. The van der Waals surface area contributed by atoms with Gasteiger partial charge in [0.2, 0.25) is 0 Å². The van der Waals surface area contributed by atoms with Gasteiger partial charge in [0.05, 0.1) is 28.9 Å². The van der Waals surface area contributed by atoms with Gasteiger partial charge in [-0.2, -0.15) is 0 Å². The third-order valence-corrected chi connectivity index (χ3v) is 3.61. The van der Waals surface area contributed by atoms with Crippen LogP contribution >= 0.6 is 15.9 Å². The van der Waals surface area contributed by atoms with Gasteiger partial charge in [-0.3, -0.25) is 4.79 Å². The average Bonchev–Trinajstić information content (AvgIpc) is 2.33. The Balaban J connectivity index is 2.36. The zero-order valence-electron chi connectivity index (χ0n) is 9.57. The molecule has 0 aromatic heterocycles. The molecule has 0 bridgehead atoms. The van der Waals surface area contributed by atoms with Crippen LogP contribution in [0.2, 0.25) is 0 Å². The lowest BCUT2D eigenvalue weighted by molar-refractivity contribution is 0.101. The lowest BCUT2D eigenvalue weighted by atomic mass is 10.1. The second kappa shape index (κ2) is 5.06. The highest BCUT2D eigenvalue weighted by Gasteiger charge is 2.19. The number of anilines is 1. The minimum absolute atomic E-state index is 0.0153. The van der Waals surface area contributed by atoms with Gasteiger partial charge in [-0.05, 0) is 35.0 Å². The molecule has 0 saturated carbocycles. The van der Waals surface area contributed by atoms with Crippen molar-refractivity contribution in [1.29, 1.82) is 0 Å². The quantitative estimate of drug-likeness (QED) is 0.851. The molecule has 1 saturated heterocycles. The summed E-state index contributed by atoms with van der Waals surface area (Å²) in [7, 11) is 0. The number of ketones is 1. The number of carbonyl (C=O) groups excluding carboxylic acids is 1. The number of phenols is 1. The molecule has 0 aliphatic carbocycles. The summed E-state index contributed by atoms with van der Waals surface area (Å²) in [6.45, 7) is 4.38. The Morgan fingerprint density at radius 1 is 1.41 bits per heavy atom. The molecule has 0 unspecified atom stereocenters. The molecule has 1 aromatic carbocycles. The Morgan fingerprint density at radius 2 is 2.06 bits per heavy atom. The van der Waals surface area contributed by atoms with Crippen molar-refractivity contribution in [2.45, 2.75) is 6.92 Å². The van der Waals surface area contributed by atoms with E-state index < -0.39 is 0 Å². The van der Waals surface area contributed by atoms with Crippen LogP contribution < -0.4 is 4.90 Å². The summed E-state index contributed by atoms with van der Waals surface area (Å²) in [6, 6.07) is 3.51. The number of halogens is 1. The summed E-state index contributed by atoms with van der Waals surface area (Å²) in [5.74, 6) is -0.127. The lowest BCUT2D eigenvalue weighted by Gasteiger charge is -2.30. The molecular formula is C12H14BrNO3. The number of nitrogens with zero attached hydrogens (tertiary/aromatic N) is 1. The van der Waals surface area contributed by atoms with Crippen molar-refractivity contribution in [3.8, 4) is 5.75 Å². The Kier molecular flexibility index (Phi) is 3.69. The van der Waals surface area contributed by atoms with Crippen LogP contribution in [0.1, 0.15) is 17.3 Å². The lowest BCUT2D eigenvalue weighted by Crippen LogP contribution is -2.36. The van der Waals surface area contributed by atoms with E-state index in [9.17, 15) is 9.90 Å². The molecule has 0 spiro atoms. The van der Waals surface area contributed by atoms with E-state index in [0.717, 1.165) is 18.8 Å². The van der Waals surface area contributed by atoms with Gasteiger partial charge in [0.25, 0.3) is 0 Å². The Morgan fingerprint density at radius 3 is 2.65 bits per heavy atom. The minimum atomic E-state index is -0.142. The van der Waals surface area contributed by atoms with Gasteiger partial charge < -0.3 is 14.7 Å². The topological polar surface area (TPSA) is 49.8 Å². The second-order valence-electron chi connectivity index (χ2n) is 3.95. The summed E-state index contributed by atoms with van der Waals surface area (Å²) < 4.78 is 5.86. The summed E-state index contributed by atoms with van der Waals surface area (Å²) in [5.41, 5.74) is 1.24. The molecule has 1 aliphatic heterocycles. The number of aromatic hydroxyl groups is 1. The Labute approximate surface area is 108 Å². The van der Waals surface area contributed by atoms with Gasteiger partial charge in [0.1, 0.15) is 5.75 Å². The smallest absolute Gasteiger partial charge is 0.163 e. The number of rotatable bonds is 2. The number of ether oxygens (including phenoxy) is 1. The van der Waals surface area contributed by atoms with Crippen molar-refractivity contribution in [3.63, 3.8) is 0 Å². The number of carbonyl (C=O) groups is 1. The predicted octanol–water partition coefficient (Wildman–Crippen LogP) is 2.19. The average molecular weight is 300 g/mol. The fraction of sp³-hybridized carbons (Fsp3) is 0.417. The number of Topliss-reactive ketones (excluding diaryl/α,β-unsaturated/α-hetero) is 1. The van der Waals surface area contributed by atoms with Crippen molar-refractivity contribution >= 4 is 27.4 Å². The standard InChI is InChI=1S/C12H14BrNO3/c1-8(15)9-2-3-10(11(13)12(9)16)14-4-6-17-7-5-14/h2-3,16H,4-7H2,1H3. The second-order valence-corrected chi connectivity index (χ2v) is 4.74. The van der Waals surface area contributed by atoms with E-state index in [1.165, 1.54) is 6.92 Å². The van der Waals surface area contributed by atoms with Gasteiger partial charge in [-0.25, -0.2) is 0 Å². The highest BCUT2D eigenvalue weighted by molar-refractivity contribution is 9.10. The number of hydrogen-bond acceptors (Lipinski definition) is 4. The van der Waals surface area contributed by atoms with Crippen LogP contribution in [0.3, 0.4) is 0 Å². The normalized spacial score (nSPS) is 16.0. The maximum atomic E-state index is 11.3. The van der Waals surface area contributed by atoms with Crippen LogP contribution in [0, 0.1) is 0 Å². The van der Waals surface area contributed by atoms with E-state index in [-0.39, 0.29) is 11.5 Å². The third-order valence-electron chi connectivity index (χ3n) is 2.83.